The summed E-state index contributed by atoms with van der Waals surface area (Å²) >= 11 is 0. The standard InChI is InChI=1S/C14H24N2O2/c17-12-13-6-5-7-15(10-13)11-14(18)16-8-3-1-2-4-9-16/h12-13H,1-11H2. The molecule has 18 heavy (non-hydrogen) atoms. The van der Waals surface area contributed by atoms with Crippen LogP contribution in [0.3, 0.4) is 0 Å². The van der Waals surface area contributed by atoms with Gasteiger partial charge in [0.25, 0.3) is 0 Å². The second-order valence-electron chi connectivity index (χ2n) is 5.57. The highest BCUT2D eigenvalue weighted by Gasteiger charge is 2.23. The highest BCUT2D eigenvalue weighted by atomic mass is 16.2. The molecule has 0 saturated carbocycles. The van der Waals surface area contributed by atoms with Crippen LogP contribution in [0.15, 0.2) is 0 Å². The highest BCUT2D eigenvalue weighted by Crippen LogP contribution is 2.15. The summed E-state index contributed by atoms with van der Waals surface area (Å²) in [5.74, 6) is 0.388. The van der Waals surface area contributed by atoms with E-state index in [0.29, 0.717) is 6.54 Å². The number of amides is 1. The number of carbonyl (C=O) groups excluding carboxylic acids is 2. The number of piperidine rings is 1. The van der Waals surface area contributed by atoms with Crippen LogP contribution in [0.25, 0.3) is 0 Å². The van der Waals surface area contributed by atoms with E-state index >= 15 is 0 Å². The van der Waals surface area contributed by atoms with Crippen molar-refractivity contribution in [1.82, 2.24) is 9.80 Å². The molecule has 0 aliphatic carbocycles. The lowest BCUT2D eigenvalue weighted by atomic mass is 10.00. The van der Waals surface area contributed by atoms with E-state index in [2.05, 4.69) is 4.90 Å². The van der Waals surface area contributed by atoms with Crippen LogP contribution >= 0.6 is 0 Å². The lowest BCUT2D eigenvalue weighted by Crippen LogP contribution is -2.44. The van der Waals surface area contributed by atoms with Gasteiger partial charge in [-0.05, 0) is 32.2 Å². The minimum atomic E-state index is 0.135. The zero-order valence-corrected chi connectivity index (χ0v) is 11.1. The topological polar surface area (TPSA) is 40.6 Å². The smallest absolute Gasteiger partial charge is 0.236 e. The third-order valence-corrected chi connectivity index (χ3v) is 4.05. The SMILES string of the molecule is O=CC1CCCN(CC(=O)N2CCCCCC2)C1. The molecule has 1 unspecified atom stereocenters. The second-order valence-corrected chi connectivity index (χ2v) is 5.57. The first-order chi connectivity index (χ1) is 8.79. The molecule has 0 spiro atoms. The maximum atomic E-state index is 12.2. The van der Waals surface area contributed by atoms with Crippen molar-refractivity contribution in [2.45, 2.75) is 38.5 Å². The molecule has 1 amide bonds. The Bertz CT molecular complexity index is 286. The number of carbonyl (C=O) groups is 2. The van der Waals surface area contributed by atoms with Crippen LogP contribution in [0.1, 0.15) is 38.5 Å². The van der Waals surface area contributed by atoms with Gasteiger partial charge in [-0.2, -0.15) is 0 Å². The third kappa shape index (κ3) is 3.80. The monoisotopic (exact) mass is 252 g/mol. The van der Waals surface area contributed by atoms with Crippen molar-refractivity contribution < 1.29 is 9.59 Å². The zero-order valence-electron chi connectivity index (χ0n) is 11.1. The fraction of sp³-hybridized carbons (Fsp3) is 0.857. The normalized spacial score (nSPS) is 26.7. The maximum absolute atomic E-state index is 12.2. The predicted octanol–water partition coefficient (Wildman–Crippen LogP) is 1.30. The molecule has 4 heteroatoms. The van der Waals surface area contributed by atoms with E-state index in [9.17, 15) is 9.59 Å². The van der Waals surface area contributed by atoms with E-state index in [1.165, 1.54) is 12.8 Å². The third-order valence-electron chi connectivity index (χ3n) is 4.05. The Balaban J connectivity index is 1.80. The van der Waals surface area contributed by atoms with E-state index in [1.54, 1.807) is 0 Å². The van der Waals surface area contributed by atoms with Crippen LogP contribution in [0, 0.1) is 5.92 Å². The summed E-state index contributed by atoms with van der Waals surface area (Å²) in [6.45, 7) is 4.07. The number of hydrogen-bond acceptors (Lipinski definition) is 3. The van der Waals surface area contributed by atoms with Gasteiger partial charge in [-0.25, -0.2) is 0 Å². The number of likely N-dealkylation sites (tertiary alicyclic amines) is 2. The summed E-state index contributed by atoms with van der Waals surface area (Å²) in [6, 6.07) is 0. The first kappa shape index (κ1) is 13.5. The molecular weight excluding hydrogens is 228 g/mol. The van der Waals surface area contributed by atoms with Gasteiger partial charge >= 0.3 is 0 Å². The van der Waals surface area contributed by atoms with Gasteiger partial charge in [0.2, 0.25) is 5.91 Å². The van der Waals surface area contributed by atoms with Crippen LogP contribution in [0.2, 0.25) is 0 Å². The molecule has 2 fully saturated rings. The van der Waals surface area contributed by atoms with Crippen LogP contribution < -0.4 is 0 Å². The quantitative estimate of drug-likeness (QED) is 0.711. The Labute approximate surface area is 109 Å². The van der Waals surface area contributed by atoms with E-state index in [1.807, 2.05) is 4.90 Å². The molecule has 2 aliphatic heterocycles. The molecule has 0 aromatic heterocycles. The van der Waals surface area contributed by atoms with Gasteiger partial charge in [0.05, 0.1) is 6.54 Å². The summed E-state index contributed by atoms with van der Waals surface area (Å²) in [6.07, 6.45) is 7.85. The highest BCUT2D eigenvalue weighted by molar-refractivity contribution is 5.78. The lowest BCUT2D eigenvalue weighted by Gasteiger charge is -2.31. The van der Waals surface area contributed by atoms with Crippen LogP contribution in [-0.2, 0) is 9.59 Å². The van der Waals surface area contributed by atoms with Gasteiger partial charge in [0.15, 0.2) is 0 Å². The Morgan fingerprint density at radius 2 is 1.78 bits per heavy atom. The summed E-state index contributed by atoms with van der Waals surface area (Å²) in [5.41, 5.74) is 0. The van der Waals surface area contributed by atoms with E-state index in [-0.39, 0.29) is 11.8 Å². The number of aldehydes is 1. The van der Waals surface area contributed by atoms with Crippen molar-refractivity contribution in [3.05, 3.63) is 0 Å². The molecule has 2 heterocycles. The van der Waals surface area contributed by atoms with Crippen LogP contribution in [0.4, 0.5) is 0 Å². The fourth-order valence-corrected chi connectivity index (χ4v) is 2.96. The predicted molar refractivity (Wildman–Crippen MR) is 70.3 cm³/mol. The largest absolute Gasteiger partial charge is 0.342 e. The van der Waals surface area contributed by atoms with Crippen molar-refractivity contribution >= 4 is 12.2 Å². The molecule has 2 aliphatic rings. The summed E-state index contributed by atoms with van der Waals surface area (Å²) < 4.78 is 0. The summed E-state index contributed by atoms with van der Waals surface area (Å²) in [4.78, 5) is 27.2. The molecule has 102 valence electrons. The molecule has 0 aromatic rings. The van der Waals surface area contributed by atoms with Gasteiger partial charge in [0.1, 0.15) is 6.29 Å². The van der Waals surface area contributed by atoms with Crippen LogP contribution in [-0.4, -0.2) is 54.7 Å². The molecule has 4 nitrogen and oxygen atoms in total. The molecule has 2 saturated heterocycles. The Kier molecular flexibility index (Phi) is 5.17. The molecule has 0 bridgehead atoms. The molecule has 0 N–H and O–H groups in total. The average Bonchev–Trinajstić information content (AvgIpc) is 2.68. The van der Waals surface area contributed by atoms with Gasteiger partial charge in [-0.3, -0.25) is 9.69 Å². The molecule has 0 aromatic carbocycles. The zero-order chi connectivity index (χ0) is 12.8. The first-order valence-electron chi connectivity index (χ1n) is 7.25. The Hall–Kier alpha value is -0.900. The van der Waals surface area contributed by atoms with E-state index in [0.717, 1.165) is 58.1 Å². The minimum Gasteiger partial charge on any atom is -0.342 e. The molecule has 1 atom stereocenters. The Morgan fingerprint density at radius 3 is 2.44 bits per heavy atom. The van der Waals surface area contributed by atoms with Crippen molar-refractivity contribution in [2.24, 2.45) is 5.92 Å². The lowest BCUT2D eigenvalue weighted by molar-refractivity contribution is -0.133. The molecule has 0 radical (unpaired) electrons. The summed E-state index contributed by atoms with van der Waals surface area (Å²) in [7, 11) is 0. The van der Waals surface area contributed by atoms with Crippen LogP contribution in [0.5, 0.6) is 0 Å². The fourth-order valence-electron chi connectivity index (χ4n) is 2.96. The average molecular weight is 252 g/mol. The first-order valence-corrected chi connectivity index (χ1v) is 7.25. The van der Waals surface area contributed by atoms with Gasteiger partial charge in [-0.1, -0.05) is 12.8 Å². The van der Waals surface area contributed by atoms with E-state index in [4.69, 9.17) is 0 Å². The number of rotatable bonds is 3. The maximum Gasteiger partial charge on any atom is 0.236 e. The minimum absolute atomic E-state index is 0.135. The van der Waals surface area contributed by atoms with E-state index < -0.39 is 0 Å². The van der Waals surface area contributed by atoms with Crippen molar-refractivity contribution in [2.75, 3.05) is 32.7 Å². The van der Waals surface area contributed by atoms with Crippen molar-refractivity contribution in [3.8, 4) is 0 Å². The second kappa shape index (κ2) is 6.88. The van der Waals surface area contributed by atoms with Gasteiger partial charge < -0.3 is 9.69 Å². The van der Waals surface area contributed by atoms with Crippen molar-refractivity contribution in [3.63, 3.8) is 0 Å². The molecular formula is C14H24N2O2. The summed E-state index contributed by atoms with van der Waals surface area (Å²) in [5, 5.41) is 0. The Morgan fingerprint density at radius 1 is 1.06 bits per heavy atom. The molecule has 2 rings (SSSR count). The van der Waals surface area contributed by atoms with Crippen molar-refractivity contribution in [1.29, 1.82) is 0 Å². The number of nitrogens with zero attached hydrogens (tertiary/aromatic N) is 2. The van der Waals surface area contributed by atoms with Gasteiger partial charge in [0, 0.05) is 25.6 Å². The van der Waals surface area contributed by atoms with Gasteiger partial charge in [-0.15, -0.1) is 0 Å². The number of hydrogen-bond donors (Lipinski definition) is 0.